The molecule has 0 unspecified atom stereocenters. The molecule has 3 aliphatic carbocycles. The van der Waals surface area contributed by atoms with Crippen LogP contribution in [0.5, 0.6) is 0 Å². The van der Waals surface area contributed by atoms with Crippen molar-refractivity contribution in [1.82, 2.24) is 14.5 Å². The van der Waals surface area contributed by atoms with Gasteiger partial charge in [-0.1, -0.05) is 56.5 Å². The minimum absolute atomic E-state index is 0.255. The van der Waals surface area contributed by atoms with E-state index in [1.165, 1.54) is 30.9 Å². The number of fused-ring (bicyclic) bond motifs is 2. The first-order chi connectivity index (χ1) is 19.8. The highest BCUT2D eigenvalue weighted by molar-refractivity contribution is 5.62. The summed E-state index contributed by atoms with van der Waals surface area (Å²) in [6.07, 6.45) is 11.5. The van der Waals surface area contributed by atoms with Gasteiger partial charge in [-0.05, 0) is 86.1 Å². The van der Waals surface area contributed by atoms with Crippen molar-refractivity contribution in [2.75, 3.05) is 0 Å². The molecule has 1 saturated carbocycles. The van der Waals surface area contributed by atoms with Crippen LogP contribution in [0.2, 0.25) is 0 Å². The lowest BCUT2D eigenvalue weighted by Gasteiger charge is -2.21. The van der Waals surface area contributed by atoms with Gasteiger partial charge in [0.05, 0.1) is 39.9 Å². The second-order valence-electron chi connectivity index (χ2n) is 10.9. The second-order valence-corrected chi connectivity index (χ2v) is 10.9. The van der Waals surface area contributed by atoms with Crippen LogP contribution in [0, 0.1) is 6.92 Å². The number of alkyl halides is 3. The van der Waals surface area contributed by atoms with Crippen LogP contribution in [-0.2, 0) is 12.8 Å². The van der Waals surface area contributed by atoms with Crippen LogP contribution in [0.1, 0.15) is 68.6 Å². The molecule has 1 aromatic heterocycles. The fourth-order valence-electron chi connectivity index (χ4n) is 5.62. The van der Waals surface area contributed by atoms with E-state index in [1.807, 2.05) is 18.3 Å². The average Bonchev–Trinajstić information content (AvgIpc) is 2.97. The number of aryl methyl sites for hydroxylation is 2. The van der Waals surface area contributed by atoms with Crippen molar-refractivity contribution in [2.24, 2.45) is 4.99 Å². The van der Waals surface area contributed by atoms with Gasteiger partial charge in [-0.25, -0.2) is 4.98 Å². The summed E-state index contributed by atoms with van der Waals surface area (Å²) in [6.45, 7) is 4.18. The van der Waals surface area contributed by atoms with Crippen LogP contribution >= 0.6 is 0 Å². The summed E-state index contributed by atoms with van der Waals surface area (Å²) < 4.78 is 41.3. The summed E-state index contributed by atoms with van der Waals surface area (Å²) in [5, 5.41) is 2.77. The fourth-order valence-corrected chi connectivity index (χ4v) is 5.62. The topological polar surface area (TPSA) is 43.1 Å². The van der Waals surface area contributed by atoms with Crippen molar-refractivity contribution in [3.05, 3.63) is 93.7 Å². The number of nitrogens with zero attached hydrogens (tertiary/aromatic N) is 4. The van der Waals surface area contributed by atoms with Crippen molar-refractivity contribution < 1.29 is 13.2 Å². The molecule has 1 aromatic carbocycles. The Morgan fingerprint density at radius 1 is 0.951 bits per heavy atom. The van der Waals surface area contributed by atoms with Crippen molar-refractivity contribution in [3.8, 4) is 17.1 Å². The first-order valence-electron chi connectivity index (χ1n) is 14.6. The molecule has 41 heavy (non-hydrogen) atoms. The smallest absolute Gasteiger partial charge is 0.306 e. The Labute approximate surface area is 239 Å². The monoisotopic (exact) mass is 558 g/mol. The van der Waals surface area contributed by atoms with Crippen LogP contribution in [0.4, 0.5) is 13.2 Å². The molecule has 1 fully saturated rings. The number of rotatable bonds is 4. The molecule has 4 nitrogen and oxygen atoms in total. The van der Waals surface area contributed by atoms with Crippen molar-refractivity contribution in [1.29, 1.82) is 0 Å². The largest absolute Gasteiger partial charge is 0.393 e. The normalized spacial score (nSPS) is 15.9. The van der Waals surface area contributed by atoms with E-state index in [4.69, 9.17) is 9.98 Å². The highest BCUT2D eigenvalue weighted by Gasteiger charge is 2.28. The predicted molar refractivity (Wildman–Crippen MR) is 158 cm³/mol. The van der Waals surface area contributed by atoms with Gasteiger partial charge >= 0.3 is 6.18 Å². The number of hydrogen-bond acceptors (Lipinski definition) is 3. The lowest BCUT2D eigenvalue weighted by Crippen LogP contribution is -2.40. The van der Waals surface area contributed by atoms with E-state index >= 15 is 0 Å². The van der Waals surface area contributed by atoms with Gasteiger partial charge in [0.25, 0.3) is 0 Å². The van der Waals surface area contributed by atoms with E-state index in [1.54, 1.807) is 18.3 Å². The number of benzene rings is 2. The zero-order chi connectivity index (χ0) is 28.8. The van der Waals surface area contributed by atoms with Crippen LogP contribution in [0.25, 0.3) is 29.2 Å². The molecule has 2 heterocycles. The van der Waals surface area contributed by atoms with E-state index in [2.05, 4.69) is 53.7 Å². The Hall–Kier alpha value is -3.74. The van der Waals surface area contributed by atoms with Crippen LogP contribution in [0.15, 0.2) is 65.9 Å². The van der Waals surface area contributed by atoms with Gasteiger partial charge in [-0.3, -0.25) is 9.98 Å². The van der Waals surface area contributed by atoms with Crippen LogP contribution in [0.3, 0.4) is 0 Å². The van der Waals surface area contributed by atoms with Crippen LogP contribution < -0.4 is 16.1 Å². The molecule has 7 heteroatoms. The Balaban J connectivity index is 0.000000365. The third kappa shape index (κ3) is 7.32. The lowest BCUT2D eigenvalue weighted by atomic mass is 9.96. The lowest BCUT2D eigenvalue weighted by molar-refractivity contribution is -0.127. The molecule has 0 saturated heterocycles. The quantitative estimate of drug-likeness (QED) is 0.283. The molecular weight excluding hydrogens is 521 g/mol. The fraction of sp³-hybridized carbons (Fsp3) is 0.382. The van der Waals surface area contributed by atoms with Gasteiger partial charge in [0.2, 0.25) is 0 Å². The highest BCUT2D eigenvalue weighted by Crippen LogP contribution is 2.25. The molecule has 4 aliphatic rings. The zero-order valence-corrected chi connectivity index (χ0v) is 23.8. The standard InChI is InChI=1S/C27H28F3N3.C7H9N/c1-18-14-24-26(16-23(18)31-20-9-3-2-4-10-20)33(25-13-6-5-12-22(25)32-24)21-11-7-8-19(15-21)17-27(28,29)30;1-2-7-4-3-5-8-6-7/h7-8,11-16,20H,2-6,9-10,17H2,1H3;3-6H,2H2,1H3. The van der Waals surface area contributed by atoms with Gasteiger partial charge in [0, 0.05) is 18.1 Å². The van der Waals surface area contributed by atoms with Gasteiger partial charge < -0.3 is 4.57 Å². The van der Waals surface area contributed by atoms with Gasteiger partial charge in [0.15, 0.2) is 0 Å². The third-order valence-corrected chi connectivity index (χ3v) is 7.72. The molecule has 2 aromatic rings. The summed E-state index contributed by atoms with van der Waals surface area (Å²) in [4.78, 5) is 13.9. The molecular formula is C34H37F3N4. The summed E-state index contributed by atoms with van der Waals surface area (Å²) in [6, 6.07) is 15.3. The van der Waals surface area contributed by atoms with Gasteiger partial charge in [0.1, 0.15) is 0 Å². The maximum atomic E-state index is 13.1. The van der Waals surface area contributed by atoms with E-state index in [-0.39, 0.29) is 5.56 Å². The average molecular weight is 559 g/mol. The minimum Gasteiger partial charge on any atom is -0.306 e. The summed E-state index contributed by atoms with van der Waals surface area (Å²) >= 11 is 0. The van der Waals surface area contributed by atoms with Gasteiger partial charge in [-0.2, -0.15) is 13.2 Å². The van der Waals surface area contributed by atoms with Crippen molar-refractivity contribution in [2.45, 2.75) is 83.9 Å². The second kappa shape index (κ2) is 12.8. The van der Waals surface area contributed by atoms with Crippen molar-refractivity contribution >= 4 is 12.2 Å². The maximum absolute atomic E-state index is 13.1. The van der Waals surface area contributed by atoms with E-state index in [9.17, 15) is 13.2 Å². The third-order valence-electron chi connectivity index (χ3n) is 7.72. The maximum Gasteiger partial charge on any atom is 0.393 e. The minimum atomic E-state index is -4.24. The highest BCUT2D eigenvalue weighted by atomic mass is 19.4. The Morgan fingerprint density at radius 2 is 1.73 bits per heavy atom. The molecule has 0 bridgehead atoms. The Bertz CT molecular complexity index is 1630. The first kappa shape index (κ1) is 28.8. The molecule has 0 radical (unpaired) electrons. The SMILES string of the molecule is CCc1cccnc1.Cc1cc2nc3c(n(-c4cccc(CC(F)(F)F)c4)c-2cc1=NC1CCCCC1)=CCCC=3. The summed E-state index contributed by atoms with van der Waals surface area (Å²) in [5.74, 6) is 0. The predicted octanol–water partition coefficient (Wildman–Crippen LogP) is 6.62. The Morgan fingerprint density at radius 3 is 2.44 bits per heavy atom. The molecule has 0 atom stereocenters. The number of aromatic nitrogens is 3. The van der Waals surface area contributed by atoms with Gasteiger partial charge in [-0.15, -0.1) is 0 Å². The Kier molecular flexibility index (Phi) is 9.01. The molecule has 1 aliphatic heterocycles. The summed E-state index contributed by atoms with van der Waals surface area (Å²) in [5.41, 5.74) is 5.07. The number of halogens is 3. The molecule has 0 spiro atoms. The molecule has 0 amide bonds. The number of hydrogen-bond donors (Lipinski definition) is 0. The van der Waals surface area contributed by atoms with E-state index in [0.29, 0.717) is 6.04 Å². The first-order valence-corrected chi connectivity index (χ1v) is 14.6. The molecule has 6 rings (SSSR count). The molecule has 214 valence electrons. The van der Waals surface area contributed by atoms with Crippen LogP contribution in [-0.4, -0.2) is 26.8 Å². The zero-order valence-electron chi connectivity index (χ0n) is 23.8. The molecule has 0 N–H and O–H groups in total. The van der Waals surface area contributed by atoms with Crippen molar-refractivity contribution in [3.63, 3.8) is 0 Å². The number of pyridine rings is 1. The van der Waals surface area contributed by atoms with E-state index in [0.717, 1.165) is 70.8 Å². The summed E-state index contributed by atoms with van der Waals surface area (Å²) in [7, 11) is 0. The van der Waals surface area contributed by atoms with E-state index < -0.39 is 12.6 Å².